The molecule has 0 amide bonds. The summed E-state index contributed by atoms with van der Waals surface area (Å²) in [5.74, 6) is 0.298. The highest BCUT2D eigenvalue weighted by molar-refractivity contribution is 5.49. The van der Waals surface area contributed by atoms with Crippen LogP contribution >= 0.6 is 0 Å². The van der Waals surface area contributed by atoms with Crippen molar-refractivity contribution in [1.29, 1.82) is 0 Å². The minimum absolute atomic E-state index is 0.173. The van der Waals surface area contributed by atoms with Crippen molar-refractivity contribution in [2.24, 2.45) is 0 Å². The van der Waals surface area contributed by atoms with Gasteiger partial charge in [0.2, 0.25) is 0 Å². The summed E-state index contributed by atoms with van der Waals surface area (Å²) in [7, 11) is 0. The molecule has 1 atom stereocenters. The van der Waals surface area contributed by atoms with E-state index in [9.17, 15) is 14.9 Å². The predicted octanol–water partition coefficient (Wildman–Crippen LogP) is 1.58. The molecule has 1 rings (SSSR count). The van der Waals surface area contributed by atoms with E-state index in [0.29, 0.717) is 12.0 Å². The summed E-state index contributed by atoms with van der Waals surface area (Å²) in [6.07, 6.45) is 2.41. The van der Waals surface area contributed by atoms with E-state index in [1.54, 1.807) is 6.07 Å². The molecule has 0 saturated heterocycles. The Hall–Kier alpha value is -1.65. The molecule has 1 aromatic heterocycles. The van der Waals surface area contributed by atoms with E-state index < -0.39 is 11.0 Å². The van der Waals surface area contributed by atoms with E-state index >= 15 is 0 Å². The maximum absolute atomic E-state index is 10.5. The zero-order valence-electron chi connectivity index (χ0n) is 6.88. The van der Waals surface area contributed by atoms with Gasteiger partial charge in [0.05, 0.1) is 6.26 Å². The molecule has 5 nitrogen and oxygen atoms in total. The van der Waals surface area contributed by atoms with Gasteiger partial charge in [0.25, 0.3) is 6.04 Å². The standard InChI is InChI=1S/C8H9NO4/c10-5-1-3-7(9(11)12)8-4-2-6-13-8/h2,4-7H,1,3H2. The second kappa shape index (κ2) is 4.39. The number of carbonyl (C=O) groups excluding carboxylic acids is 1. The zero-order valence-corrected chi connectivity index (χ0v) is 6.88. The summed E-state index contributed by atoms with van der Waals surface area (Å²) in [6.45, 7) is 0. The molecule has 0 spiro atoms. The first-order valence-corrected chi connectivity index (χ1v) is 3.86. The molecular formula is C8H9NO4. The van der Waals surface area contributed by atoms with Crippen molar-refractivity contribution in [2.45, 2.75) is 18.9 Å². The first-order valence-electron chi connectivity index (χ1n) is 3.86. The van der Waals surface area contributed by atoms with Crippen molar-refractivity contribution < 1.29 is 14.1 Å². The molecule has 0 radical (unpaired) electrons. The fraction of sp³-hybridized carbons (Fsp3) is 0.375. The molecule has 0 bridgehead atoms. The third kappa shape index (κ3) is 2.40. The van der Waals surface area contributed by atoms with Gasteiger partial charge in [-0.3, -0.25) is 10.1 Å². The molecule has 0 fully saturated rings. The average Bonchev–Trinajstić information content (AvgIpc) is 2.57. The van der Waals surface area contributed by atoms with Gasteiger partial charge < -0.3 is 9.21 Å². The molecule has 0 aromatic carbocycles. The Labute approximate surface area is 74.5 Å². The Morgan fingerprint density at radius 3 is 2.92 bits per heavy atom. The minimum atomic E-state index is -0.903. The number of rotatable bonds is 5. The average molecular weight is 183 g/mol. The fourth-order valence-electron chi connectivity index (χ4n) is 1.06. The monoisotopic (exact) mass is 183 g/mol. The van der Waals surface area contributed by atoms with E-state index in [-0.39, 0.29) is 12.8 Å². The molecular weight excluding hydrogens is 174 g/mol. The van der Waals surface area contributed by atoms with Gasteiger partial charge in [-0.15, -0.1) is 0 Å². The van der Waals surface area contributed by atoms with Crippen LogP contribution in [0.1, 0.15) is 24.6 Å². The fourth-order valence-corrected chi connectivity index (χ4v) is 1.06. The molecule has 0 aliphatic carbocycles. The quantitative estimate of drug-likeness (QED) is 0.394. The lowest BCUT2D eigenvalue weighted by Crippen LogP contribution is -2.09. The largest absolute Gasteiger partial charge is 0.462 e. The van der Waals surface area contributed by atoms with E-state index in [4.69, 9.17) is 4.42 Å². The Balaban J connectivity index is 2.68. The number of hydrogen-bond donors (Lipinski definition) is 0. The highest BCUT2D eigenvalue weighted by Gasteiger charge is 2.24. The van der Waals surface area contributed by atoms with Crippen LogP contribution in [-0.4, -0.2) is 11.2 Å². The number of hydrogen-bond acceptors (Lipinski definition) is 4. The number of nitrogens with zero attached hydrogens (tertiary/aromatic N) is 1. The highest BCUT2D eigenvalue weighted by atomic mass is 16.6. The molecule has 0 aliphatic heterocycles. The third-order valence-electron chi connectivity index (χ3n) is 1.68. The van der Waals surface area contributed by atoms with Gasteiger partial charge >= 0.3 is 0 Å². The zero-order chi connectivity index (χ0) is 9.68. The number of nitro groups is 1. The summed E-state index contributed by atoms with van der Waals surface area (Å²) in [5, 5.41) is 10.5. The van der Waals surface area contributed by atoms with Crippen LogP contribution < -0.4 is 0 Å². The Morgan fingerprint density at radius 2 is 2.46 bits per heavy atom. The van der Waals surface area contributed by atoms with Gasteiger partial charge in [0, 0.05) is 17.8 Å². The molecule has 70 valence electrons. The molecule has 5 heteroatoms. The molecule has 0 saturated carbocycles. The molecule has 1 unspecified atom stereocenters. The lowest BCUT2D eigenvalue weighted by atomic mass is 10.1. The van der Waals surface area contributed by atoms with Gasteiger partial charge in [-0.2, -0.15) is 0 Å². The Bertz CT molecular complexity index is 280. The topological polar surface area (TPSA) is 73.3 Å². The molecule has 1 heterocycles. The molecule has 0 N–H and O–H groups in total. The van der Waals surface area contributed by atoms with Crippen LogP contribution in [-0.2, 0) is 4.79 Å². The van der Waals surface area contributed by atoms with Gasteiger partial charge in [-0.25, -0.2) is 0 Å². The molecule has 1 aromatic rings. The van der Waals surface area contributed by atoms with E-state index in [1.165, 1.54) is 12.3 Å². The second-order valence-corrected chi connectivity index (χ2v) is 2.56. The van der Waals surface area contributed by atoms with E-state index in [0.717, 1.165) is 0 Å². The first-order chi connectivity index (χ1) is 6.25. The summed E-state index contributed by atoms with van der Waals surface area (Å²) in [5.41, 5.74) is 0. The van der Waals surface area contributed by atoms with Crippen LogP contribution in [0.2, 0.25) is 0 Å². The highest BCUT2D eigenvalue weighted by Crippen LogP contribution is 2.21. The van der Waals surface area contributed by atoms with Crippen LogP contribution in [0.5, 0.6) is 0 Å². The lowest BCUT2D eigenvalue weighted by molar-refractivity contribution is -0.532. The van der Waals surface area contributed by atoms with Gasteiger partial charge in [-0.05, 0) is 12.1 Å². The summed E-state index contributed by atoms with van der Waals surface area (Å²) >= 11 is 0. The first kappa shape index (κ1) is 9.44. The van der Waals surface area contributed by atoms with Crippen LogP contribution in [0.15, 0.2) is 22.8 Å². The number of furan rings is 1. The number of carbonyl (C=O) groups is 1. The molecule has 13 heavy (non-hydrogen) atoms. The van der Waals surface area contributed by atoms with E-state index in [2.05, 4.69) is 0 Å². The predicted molar refractivity (Wildman–Crippen MR) is 43.7 cm³/mol. The Kier molecular flexibility index (Phi) is 3.19. The second-order valence-electron chi connectivity index (χ2n) is 2.56. The lowest BCUT2D eigenvalue weighted by Gasteiger charge is -2.03. The van der Waals surface area contributed by atoms with Crippen LogP contribution in [0.25, 0.3) is 0 Å². The third-order valence-corrected chi connectivity index (χ3v) is 1.68. The normalized spacial score (nSPS) is 12.3. The van der Waals surface area contributed by atoms with Gasteiger partial charge in [-0.1, -0.05) is 0 Å². The van der Waals surface area contributed by atoms with E-state index in [1.807, 2.05) is 0 Å². The maximum Gasteiger partial charge on any atom is 0.270 e. The van der Waals surface area contributed by atoms with Crippen LogP contribution in [0.3, 0.4) is 0 Å². The number of aldehydes is 1. The van der Waals surface area contributed by atoms with Crippen LogP contribution in [0, 0.1) is 10.1 Å². The smallest absolute Gasteiger partial charge is 0.270 e. The van der Waals surface area contributed by atoms with Crippen LogP contribution in [0.4, 0.5) is 0 Å². The van der Waals surface area contributed by atoms with Crippen molar-refractivity contribution in [3.8, 4) is 0 Å². The SMILES string of the molecule is O=CCCC(c1ccco1)[N+](=O)[O-]. The van der Waals surface area contributed by atoms with Crippen molar-refractivity contribution in [2.75, 3.05) is 0 Å². The van der Waals surface area contributed by atoms with Crippen molar-refractivity contribution in [3.05, 3.63) is 34.3 Å². The maximum atomic E-state index is 10.5. The van der Waals surface area contributed by atoms with Gasteiger partial charge in [0.1, 0.15) is 6.29 Å². The summed E-state index contributed by atoms with van der Waals surface area (Å²) < 4.78 is 4.90. The van der Waals surface area contributed by atoms with Crippen molar-refractivity contribution >= 4 is 6.29 Å². The minimum Gasteiger partial charge on any atom is -0.462 e. The van der Waals surface area contributed by atoms with Crippen molar-refractivity contribution in [1.82, 2.24) is 0 Å². The Morgan fingerprint density at radius 1 is 1.69 bits per heavy atom. The van der Waals surface area contributed by atoms with Gasteiger partial charge in [0.15, 0.2) is 5.76 Å². The van der Waals surface area contributed by atoms with Crippen molar-refractivity contribution in [3.63, 3.8) is 0 Å². The summed E-state index contributed by atoms with van der Waals surface area (Å²) in [4.78, 5) is 20.1. The summed E-state index contributed by atoms with van der Waals surface area (Å²) in [6, 6.07) is 2.23. The molecule has 0 aliphatic rings.